The average molecular weight is 393 g/mol. The Morgan fingerprint density at radius 2 is 1.88 bits per heavy atom. The number of ether oxygens (including phenoxy) is 1. The van der Waals surface area contributed by atoms with E-state index < -0.39 is 0 Å². The minimum atomic E-state index is -0.302. The van der Waals surface area contributed by atoms with Crippen LogP contribution < -0.4 is 5.32 Å². The number of rotatable bonds is 4. The van der Waals surface area contributed by atoms with Gasteiger partial charge in [-0.05, 0) is 81.0 Å². The maximum atomic E-state index is 12.1. The van der Waals surface area contributed by atoms with Crippen LogP contribution in [0.25, 0.3) is 0 Å². The van der Waals surface area contributed by atoms with Gasteiger partial charge in [0.15, 0.2) is 5.11 Å². The number of nitrogens with zero attached hydrogens (tertiary/aromatic N) is 1. The molecule has 0 unspecified atom stereocenters. The molecule has 0 amide bonds. The lowest BCUT2D eigenvalue weighted by Crippen LogP contribution is -2.60. The van der Waals surface area contributed by atoms with Crippen LogP contribution >= 0.6 is 23.6 Å². The molecule has 0 saturated heterocycles. The summed E-state index contributed by atoms with van der Waals surface area (Å²) in [5.41, 5.74) is 0.811. The van der Waals surface area contributed by atoms with E-state index in [-0.39, 0.29) is 11.5 Å². The molecule has 1 N–H and O–H groups in total. The number of aryl methyl sites for hydroxylation is 1. The van der Waals surface area contributed by atoms with Crippen LogP contribution in [-0.4, -0.2) is 35.7 Å². The zero-order valence-corrected chi connectivity index (χ0v) is 17.5. The van der Waals surface area contributed by atoms with Gasteiger partial charge in [-0.25, -0.2) is 4.79 Å². The molecule has 26 heavy (non-hydrogen) atoms. The molecule has 0 spiro atoms. The molecule has 142 valence electrons. The lowest BCUT2D eigenvalue weighted by molar-refractivity contribution is -0.0538. The van der Waals surface area contributed by atoms with Crippen molar-refractivity contribution in [3.8, 4) is 0 Å². The first kappa shape index (κ1) is 18.2. The number of hydrogen-bond acceptors (Lipinski definition) is 4. The third kappa shape index (κ3) is 3.05. The monoisotopic (exact) mass is 392 g/mol. The second kappa shape index (κ2) is 6.79. The summed E-state index contributed by atoms with van der Waals surface area (Å²) < 4.78 is 4.95. The van der Waals surface area contributed by atoms with Gasteiger partial charge in [-0.15, -0.1) is 11.3 Å². The molecule has 5 rings (SSSR count). The zero-order chi connectivity index (χ0) is 18.5. The number of thiophene rings is 1. The highest BCUT2D eigenvalue weighted by molar-refractivity contribution is 7.80. The molecule has 4 fully saturated rings. The van der Waals surface area contributed by atoms with Gasteiger partial charge in [0.25, 0.3) is 0 Å². The molecule has 1 aromatic heterocycles. The van der Waals surface area contributed by atoms with Crippen LogP contribution in [0.15, 0.2) is 6.07 Å². The molecule has 1 aromatic rings. The fraction of sp³-hybridized carbons (Fsp3) is 0.700. The van der Waals surface area contributed by atoms with Crippen molar-refractivity contribution < 1.29 is 9.53 Å². The fourth-order valence-corrected chi connectivity index (χ4v) is 7.19. The Morgan fingerprint density at radius 3 is 2.38 bits per heavy atom. The van der Waals surface area contributed by atoms with Crippen LogP contribution in [0.1, 0.15) is 60.7 Å². The quantitative estimate of drug-likeness (QED) is 0.594. The molecule has 4 aliphatic rings. The zero-order valence-electron chi connectivity index (χ0n) is 15.8. The maximum Gasteiger partial charge on any atom is 0.340 e. The molecule has 4 aliphatic carbocycles. The van der Waals surface area contributed by atoms with Crippen LogP contribution in [0.3, 0.4) is 0 Å². The number of thiocarbonyl (C=S) groups is 1. The van der Waals surface area contributed by atoms with Gasteiger partial charge >= 0.3 is 5.97 Å². The molecule has 0 radical (unpaired) electrons. The summed E-state index contributed by atoms with van der Waals surface area (Å²) in [6.45, 7) is 2.09. The Bertz CT molecular complexity index is 692. The first-order valence-electron chi connectivity index (χ1n) is 9.70. The number of carbonyl (C=O) groups excluding carboxylic acids is 1. The Labute approximate surface area is 165 Å². The molecule has 4 bridgehead atoms. The highest BCUT2D eigenvalue weighted by Crippen LogP contribution is 2.57. The van der Waals surface area contributed by atoms with Crippen LogP contribution in [0, 0.1) is 17.8 Å². The molecule has 0 aliphatic heterocycles. The molecule has 4 saturated carbocycles. The van der Waals surface area contributed by atoms with E-state index in [1.165, 1.54) is 45.6 Å². The number of carbonyl (C=O) groups is 1. The maximum absolute atomic E-state index is 12.1. The van der Waals surface area contributed by atoms with Crippen molar-refractivity contribution in [3.63, 3.8) is 0 Å². The number of anilines is 1. The minimum Gasteiger partial charge on any atom is -0.465 e. The predicted octanol–water partition coefficient (Wildman–Crippen LogP) is 4.69. The summed E-state index contributed by atoms with van der Waals surface area (Å²) >= 11 is 7.39. The van der Waals surface area contributed by atoms with Crippen molar-refractivity contribution in [2.24, 2.45) is 17.8 Å². The van der Waals surface area contributed by atoms with Crippen molar-refractivity contribution in [1.29, 1.82) is 0 Å². The molecule has 4 nitrogen and oxygen atoms in total. The SMILES string of the molecule is CCc1cc(C(=O)OC)c(NC(=S)N(C)C23CC4CC(CC(C4)C2)C3)s1. The largest absolute Gasteiger partial charge is 0.465 e. The van der Waals surface area contributed by atoms with Crippen LogP contribution in [0.2, 0.25) is 0 Å². The van der Waals surface area contributed by atoms with Crippen LogP contribution in [0.4, 0.5) is 5.00 Å². The summed E-state index contributed by atoms with van der Waals surface area (Å²) in [5.74, 6) is 2.34. The lowest BCUT2D eigenvalue weighted by Gasteiger charge is -2.60. The third-order valence-corrected chi connectivity index (χ3v) is 8.35. The summed E-state index contributed by atoms with van der Waals surface area (Å²) in [4.78, 5) is 15.6. The standard InChI is InChI=1S/C20H28N2O2S2/c1-4-15-8-16(18(23)24-3)17(26-15)21-19(25)22(2)20-9-12-5-13(10-20)7-14(6-12)11-20/h8,12-14H,4-7,9-11H2,1-3H3,(H,21,25). The van der Waals surface area contributed by atoms with E-state index in [0.29, 0.717) is 5.56 Å². The Balaban J connectivity index is 1.53. The smallest absolute Gasteiger partial charge is 0.340 e. The van der Waals surface area contributed by atoms with E-state index in [4.69, 9.17) is 17.0 Å². The molecule has 0 atom stereocenters. The van der Waals surface area contributed by atoms with Crippen LogP contribution in [-0.2, 0) is 11.2 Å². The normalized spacial score (nSPS) is 31.7. The first-order valence-corrected chi connectivity index (χ1v) is 10.9. The van der Waals surface area contributed by atoms with Gasteiger partial charge in [-0.2, -0.15) is 0 Å². The first-order chi connectivity index (χ1) is 12.4. The average Bonchev–Trinajstić information content (AvgIpc) is 3.02. The summed E-state index contributed by atoms with van der Waals surface area (Å²) in [6.07, 6.45) is 8.97. The van der Waals surface area contributed by atoms with E-state index >= 15 is 0 Å². The third-order valence-electron chi connectivity index (χ3n) is 6.78. The molecular weight excluding hydrogens is 364 g/mol. The number of nitrogens with one attached hydrogen (secondary N) is 1. The van der Waals surface area contributed by atoms with E-state index in [1.807, 2.05) is 6.07 Å². The van der Waals surface area contributed by atoms with Crippen molar-refractivity contribution in [3.05, 3.63) is 16.5 Å². The number of methoxy groups -OCH3 is 1. The topological polar surface area (TPSA) is 41.6 Å². The van der Waals surface area contributed by atoms with Gasteiger partial charge in [0, 0.05) is 17.5 Å². The van der Waals surface area contributed by atoms with Gasteiger partial charge in [-0.1, -0.05) is 6.92 Å². The lowest BCUT2D eigenvalue weighted by atomic mass is 9.52. The Morgan fingerprint density at radius 1 is 1.31 bits per heavy atom. The van der Waals surface area contributed by atoms with Gasteiger partial charge in [0.1, 0.15) is 5.00 Å². The summed E-state index contributed by atoms with van der Waals surface area (Å²) in [6, 6.07) is 1.92. The molecule has 6 heteroatoms. The van der Waals surface area contributed by atoms with Crippen molar-refractivity contribution in [2.75, 3.05) is 19.5 Å². The van der Waals surface area contributed by atoms with Gasteiger partial charge in [0.05, 0.1) is 12.7 Å². The number of hydrogen-bond donors (Lipinski definition) is 1. The number of esters is 1. The molecule has 0 aromatic carbocycles. The van der Waals surface area contributed by atoms with Gasteiger partial charge in [0.2, 0.25) is 0 Å². The second-order valence-corrected chi connectivity index (χ2v) is 9.96. The van der Waals surface area contributed by atoms with Gasteiger partial charge in [-0.3, -0.25) is 0 Å². The van der Waals surface area contributed by atoms with Gasteiger partial charge < -0.3 is 15.0 Å². The highest BCUT2D eigenvalue weighted by atomic mass is 32.1. The van der Waals surface area contributed by atoms with E-state index in [1.54, 1.807) is 11.3 Å². The molecular formula is C20H28N2O2S2. The predicted molar refractivity (Wildman–Crippen MR) is 110 cm³/mol. The van der Waals surface area contributed by atoms with E-state index in [2.05, 4.69) is 24.2 Å². The van der Waals surface area contributed by atoms with Crippen LogP contribution in [0.5, 0.6) is 0 Å². The Hall–Kier alpha value is -1.14. The summed E-state index contributed by atoms with van der Waals surface area (Å²) in [7, 11) is 3.57. The van der Waals surface area contributed by atoms with E-state index in [0.717, 1.165) is 39.2 Å². The second-order valence-electron chi connectivity index (χ2n) is 8.43. The Kier molecular flexibility index (Phi) is 4.76. The highest BCUT2D eigenvalue weighted by Gasteiger charge is 2.53. The van der Waals surface area contributed by atoms with Crippen molar-refractivity contribution in [1.82, 2.24) is 4.90 Å². The summed E-state index contributed by atoms with van der Waals surface area (Å²) in [5, 5.41) is 4.93. The minimum absolute atomic E-state index is 0.217. The van der Waals surface area contributed by atoms with E-state index in [9.17, 15) is 4.79 Å². The fourth-order valence-electron chi connectivity index (χ4n) is 5.84. The van der Waals surface area contributed by atoms with Crippen molar-refractivity contribution >= 4 is 39.6 Å². The van der Waals surface area contributed by atoms with Crippen molar-refractivity contribution in [2.45, 2.75) is 57.4 Å². The molecule has 1 heterocycles.